The number of aryl methyl sites for hydroxylation is 1. The maximum absolute atomic E-state index is 12.9. The molecule has 0 aromatic carbocycles. The summed E-state index contributed by atoms with van der Waals surface area (Å²) in [4.78, 5) is 24.7. The van der Waals surface area contributed by atoms with E-state index in [1.807, 2.05) is 0 Å². The zero-order valence-corrected chi connectivity index (χ0v) is 10.9. The van der Waals surface area contributed by atoms with Crippen LogP contribution in [-0.2, 0) is 10.9 Å². The molecule has 1 aromatic rings. The van der Waals surface area contributed by atoms with Crippen LogP contribution in [0.25, 0.3) is 0 Å². The van der Waals surface area contributed by atoms with E-state index < -0.39 is 34.6 Å². The topological polar surface area (TPSA) is 59.2 Å². The molecule has 0 fully saturated rings. The lowest BCUT2D eigenvalue weighted by atomic mass is 10.1. The fraction of sp³-hybridized carbons (Fsp3) is 0.538. The normalized spacial score (nSPS) is 11.8. The van der Waals surface area contributed by atoms with Crippen LogP contribution in [0, 0.1) is 6.92 Å². The second kappa shape index (κ2) is 5.68. The number of carbonyl (C=O) groups is 2. The molecule has 7 heteroatoms. The van der Waals surface area contributed by atoms with Gasteiger partial charge < -0.3 is 9.72 Å². The third kappa shape index (κ3) is 3.85. The number of halogens is 3. The number of hydrogen-bond donors (Lipinski definition) is 1. The Kier molecular flexibility index (Phi) is 5.17. The van der Waals surface area contributed by atoms with Crippen molar-refractivity contribution < 1.29 is 27.5 Å². The number of hydrogen-bond acceptors (Lipinski definition) is 3. The molecule has 0 saturated heterocycles. The first-order chi connectivity index (χ1) is 8.47. The Morgan fingerprint density at radius 2 is 1.75 bits per heavy atom. The van der Waals surface area contributed by atoms with E-state index in [4.69, 9.17) is 4.74 Å². The first kappa shape index (κ1) is 18.2. The van der Waals surface area contributed by atoms with Gasteiger partial charge in [0.1, 0.15) is 5.60 Å². The van der Waals surface area contributed by atoms with E-state index in [2.05, 4.69) is 4.98 Å². The van der Waals surface area contributed by atoms with E-state index in [9.17, 15) is 22.8 Å². The van der Waals surface area contributed by atoms with Crippen molar-refractivity contribution in [3.8, 4) is 0 Å². The molecule has 0 aliphatic heterocycles. The summed E-state index contributed by atoms with van der Waals surface area (Å²) >= 11 is 0. The van der Waals surface area contributed by atoms with Gasteiger partial charge in [0.15, 0.2) is 6.29 Å². The number of esters is 1. The number of alkyl halides is 3. The number of ether oxygens (including phenoxy) is 1. The maximum Gasteiger partial charge on any atom is 0.419 e. The van der Waals surface area contributed by atoms with Crippen molar-refractivity contribution >= 4 is 12.3 Å². The number of aldehydes is 1. The summed E-state index contributed by atoms with van der Waals surface area (Å²) in [5, 5.41) is 0. The molecule has 114 valence electrons. The zero-order chi connectivity index (χ0) is 15.0. The monoisotopic (exact) mass is 293 g/mol. The predicted octanol–water partition coefficient (Wildman–Crippen LogP) is 3.75. The van der Waals surface area contributed by atoms with Gasteiger partial charge in [-0.15, -0.1) is 0 Å². The van der Waals surface area contributed by atoms with E-state index in [1.165, 1.54) is 6.92 Å². The minimum absolute atomic E-state index is 0. The van der Waals surface area contributed by atoms with E-state index in [0.717, 1.165) is 0 Å². The van der Waals surface area contributed by atoms with Crippen molar-refractivity contribution in [3.05, 3.63) is 22.5 Å². The number of nitrogens with one attached hydrogen (secondary N) is 1. The molecule has 1 rings (SSSR count). The maximum atomic E-state index is 12.9. The Bertz CT molecular complexity index is 510. The summed E-state index contributed by atoms with van der Waals surface area (Å²) in [6.45, 7) is 5.91. The Balaban J connectivity index is 0.00000361. The molecular weight excluding hydrogens is 275 g/mol. The quantitative estimate of drug-likeness (QED) is 0.667. The summed E-state index contributed by atoms with van der Waals surface area (Å²) < 4.78 is 43.7. The van der Waals surface area contributed by atoms with Crippen LogP contribution in [0.2, 0.25) is 0 Å². The Labute approximate surface area is 115 Å². The average Bonchev–Trinajstić information content (AvgIpc) is 2.51. The summed E-state index contributed by atoms with van der Waals surface area (Å²) in [6, 6.07) is 0. The van der Waals surface area contributed by atoms with Crippen LogP contribution in [0.4, 0.5) is 13.2 Å². The Morgan fingerprint density at radius 3 is 2.10 bits per heavy atom. The Morgan fingerprint density at radius 1 is 1.25 bits per heavy atom. The van der Waals surface area contributed by atoms with Crippen LogP contribution >= 0.6 is 0 Å². The fourth-order valence-electron chi connectivity index (χ4n) is 1.62. The number of aromatic nitrogens is 1. The van der Waals surface area contributed by atoms with Crippen molar-refractivity contribution in [3.63, 3.8) is 0 Å². The first-order valence-electron chi connectivity index (χ1n) is 5.45. The highest BCUT2D eigenvalue weighted by Gasteiger charge is 2.41. The van der Waals surface area contributed by atoms with E-state index in [1.54, 1.807) is 20.8 Å². The lowest BCUT2D eigenvalue weighted by Crippen LogP contribution is -2.25. The largest absolute Gasteiger partial charge is 0.456 e. The van der Waals surface area contributed by atoms with Crippen LogP contribution in [0.15, 0.2) is 0 Å². The van der Waals surface area contributed by atoms with Crippen molar-refractivity contribution in [1.29, 1.82) is 0 Å². The van der Waals surface area contributed by atoms with E-state index in [0.29, 0.717) is 0 Å². The van der Waals surface area contributed by atoms with E-state index in [-0.39, 0.29) is 19.4 Å². The molecule has 1 heterocycles. The molecule has 0 radical (unpaired) electrons. The second-order valence-corrected chi connectivity index (χ2v) is 5.03. The Hall–Kier alpha value is -1.79. The van der Waals surface area contributed by atoms with Crippen LogP contribution in [0.5, 0.6) is 0 Å². The number of rotatable bonds is 2. The van der Waals surface area contributed by atoms with Crippen LogP contribution < -0.4 is 0 Å². The van der Waals surface area contributed by atoms with Gasteiger partial charge in [-0.05, 0) is 27.7 Å². The average molecular weight is 293 g/mol. The lowest BCUT2D eigenvalue weighted by Gasteiger charge is -2.20. The highest BCUT2D eigenvalue weighted by Crippen LogP contribution is 2.36. The van der Waals surface area contributed by atoms with Crippen LogP contribution in [0.1, 0.15) is 60.3 Å². The fourth-order valence-corrected chi connectivity index (χ4v) is 1.62. The van der Waals surface area contributed by atoms with Gasteiger partial charge in [-0.25, -0.2) is 4.79 Å². The molecule has 0 aliphatic carbocycles. The summed E-state index contributed by atoms with van der Waals surface area (Å²) in [6.07, 6.45) is -4.78. The first-order valence-corrected chi connectivity index (χ1v) is 5.45. The van der Waals surface area contributed by atoms with Crippen LogP contribution in [0.3, 0.4) is 0 Å². The van der Waals surface area contributed by atoms with Crippen molar-refractivity contribution in [2.75, 3.05) is 0 Å². The van der Waals surface area contributed by atoms with Crippen molar-refractivity contribution in [2.45, 2.75) is 46.9 Å². The molecule has 0 aliphatic rings. The smallest absolute Gasteiger partial charge is 0.419 e. The van der Waals surface area contributed by atoms with Gasteiger partial charge in [0.2, 0.25) is 0 Å². The van der Waals surface area contributed by atoms with Crippen molar-refractivity contribution in [2.24, 2.45) is 0 Å². The number of carbonyl (C=O) groups excluding carboxylic acids is 2. The molecule has 0 unspecified atom stereocenters. The molecule has 1 N–H and O–H groups in total. The predicted molar refractivity (Wildman–Crippen MR) is 67.8 cm³/mol. The van der Waals surface area contributed by atoms with Crippen LogP contribution in [-0.4, -0.2) is 22.8 Å². The highest BCUT2D eigenvalue weighted by atomic mass is 19.4. The molecule has 20 heavy (non-hydrogen) atoms. The molecule has 1 aromatic heterocycles. The van der Waals surface area contributed by atoms with Gasteiger partial charge in [-0.2, -0.15) is 13.2 Å². The van der Waals surface area contributed by atoms with Gasteiger partial charge in [0, 0.05) is 5.69 Å². The molecular formula is C13H18F3NO3. The van der Waals surface area contributed by atoms with Gasteiger partial charge in [-0.1, -0.05) is 7.43 Å². The zero-order valence-electron chi connectivity index (χ0n) is 10.9. The minimum atomic E-state index is -4.81. The lowest BCUT2D eigenvalue weighted by molar-refractivity contribution is -0.138. The second-order valence-electron chi connectivity index (χ2n) is 5.03. The van der Waals surface area contributed by atoms with Gasteiger partial charge in [-0.3, -0.25) is 4.79 Å². The standard InChI is InChI=1S/C12H14F3NO3.CH4/c1-6-8(10(18)19-11(2,3)4)9(12(13,14)15)7(5-17)16-6;/h5,16H,1-4H3;1H4. The molecule has 0 atom stereocenters. The van der Waals surface area contributed by atoms with Gasteiger partial charge in [0.05, 0.1) is 16.8 Å². The molecule has 0 bridgehead atoms. The molecule has 0 amide bonds. The SMILES string of the molecule is C.Cc1[nH]c(C=O)c(C(F)(F)F)c1C(=O)OC(C)(C)C. The number of aromatic amines is 1. The van der Waals surface area contributed by atoms with Gasteiger partial charge in [0.25, 0.3) is 0 Å². The van der Waals surface area contributed by atoms with E-state index >= 15 is 0 Å². The summed E-state index contributed by atoms with van der Waals surface area (Å²) in [5.74, 6) is -1.11. The van der Waals surface area contributed by atoms with Gasteiger partial charge >= 0.3 is 12.1 Å². The molecule has 0 spiro atoms. The summed E-state index contributed by atoms with van der Waals surface area (Å²) in [7, 11) is 0. The van der Waals surface area contributed by atoms with Crippen molar-refractivity contribution in [1.82, 2.24) is 4.98 Å². The third-order valence-corrected chi connectivity index (χ3v) is 2.22. The third-order valence-electron chi connectivity index (χ3n) is 2.22. The summed E-state index contributed by atoms with van der Waals surface area (Å²) in [5.41, 5.74) is -3.58. The highest BCUT2D eigenvalue weighted by molar-refractivity contribution is 5.96. The minimum Gasteiger partial charge on any atom is -0.456 e. The molecule has 4 nitrogen and oxygen atoms in total. The molecule has 0 saturated carbocycles. The number of H-pyrrole nitrogens is 1.